The van der Waals surface area contributed by atoms with Gasteiger partial charge in [-0.25, -0.2) is 5.43 Å². The highest BCUT2D eigenvalue weighted by atomic mass is 16.5. The highest BCUT2D eigenvalue weighted by Crippen LogP contribution is 2.40. The van der Waals surface area contributed by atoms with Crippen molar-refractivity contribution in [3.8, 4) is 5.75 Å². The van der Waals surface area contributed by atoms with E-state index in [1.165, 1.54) is 0 Å². The van der Waals surface area contributed by atoms with Gasteiger partial charge in [-0.3, -0.25) is 5.84 Å². The van der Waals surface area contributed by atoms with E-state index in [2.05, 4.69) is 25.3 Å². The number of benzene rings is 1. The van der Waals surface area contributed by atoms with Gasteiger partial charge in [-0.1, -0.05) is 25.1 Å². The van der Waals surface area contributed by atoms with Crippen molar-refractivity contribution in [1.82, 2.24) is 5.43 Å². The maximum absolute atomic E-state index is 5.91. The molecular formula is C15H24N2O2. The van der Waals surface area contributed by atoms with Gasteiger partial charge in [-0.05, 0) is 32.3 Å². The molecule has 2 rings (SSSR count). The summed E-state index contributed by atoms with van der Waals surface area (Å²) in [5.74, 6) is 6.67. The Hall–Kier alpha value is -1.10. The van der Waals surface area contributed by atoms with Crippen LogP contribution in [0.3, 0.4) is 0 Å². The molecule has 0 saturated carbocycles. The van der Waals surface area contributed by atoms with Crippen LogP contribution in [-0.2, 0) is 4.74 Å². The highest BCUT2D eigenvalue weighted by Gasteiger charge is 2.40. The van der Waals surface area contributed by atoms with E-state index in [4.69, 9.17) is 15.3 Å². The van der Waals surface area contributed by atoms with Crippen molar-refractivity contribution >= 4 is 0 Å². The van der Waals surface area contributed by atoms with Gasteiger partial charge in [-0.15, -0.1) is 0 Å². The zero-order valence-electron chi connectivity index (χ0n) is 11.8. The Morgan fingerprint density at radius 2 is 2.26 bits per heavy atom. The Morgan fingerprint density at radius 1 is 1.47 bits per heavy atom. The summed E-state index contributed by atoms with van der Waals surface area (Å²) in [5, 5.41) is 0. The summed E-state index contributed by atoms with van der Waals surface area (Å²) in [6.45, 7) is 5.72. The molecule has 3 N–H and O–H groups in total. The minimum atomic E-state index is -0.263. The second kappa shape index (κ2) is 6.37. The molecule has 4 nitrogen and oxygen atoms in total. The van der Waals surface area contributed by atoms with E-state index in [0.717, 1.165) is 37.2 Å². The Labute approximate surface area is 115 Å². The molecule has 1 fully saturated rings. The number of hydrazine groups is 1. The lowest BCUT2D eigenvalue weighted by Gasteiger charge is -2.34. The predicted molar refractivity (Wildman–Crippen MR) is 75.9 cm³/mol. The molecule has 0 amide bonds. The molecule has 0 radical (unpaired) electrons. The van der Waals surface area contributed by atoms with Crippen LogP contribution in [0.5, 0.6) is 5.75 Å². The fourth-order valence-electron chi connectivity index (χ4n) is 2.69. The first-order chi connectivity index (χ1) is 9.21. The van der Waals surface area contributed by atoms with Crippen molar-refractivity contribution in [1.29, 1.82) is 0 Å². The fourth-order valence-corrected chi connectivity index (χ4v) is 2.69. The standard InChI is InChI=1S/C15H24N2O2/c1-3-10-18-13-8-5-4-7-12(13)14(17-16)15(2)9-6-11-19-15/h4-5,7-8,14,17H,3,6,9-11,16H2,1-2H3. The van der Waals surface area contributed by atoms with Crippen LogP contribution in [0, 0.1) is 0 Å². The summed E-state index contributed by atoms with van der Waals surface area (Å²) in [5.41, 5.74) is 3.72. The van der Waals surface area contributed by atoms with Gasteiger partial charge >= 0.3 is 0 Å². The molecule has 0 aliphatic carbocycles. The van der Waals surface area contributed by atoms with Crippen molar-refractivity contribution in [2.45, 2.75) is 44.8 Å². The number of hydrogen-bond donors (Lipinski definition) is 2. The van der Waals surface area contributed by atoms with Gasteiger partial charge in [-0.2, -0.15) is 0 Å². The molecule has 0 bridgehead atoms. The molecule has 0 spiro atoms. The zero-order valence-corrected chi connectivity index (χ0v) is 11.8. The van der Waals surface area contributed by atoms with Gasteiger partial charge < -0.3 is 9.47 Å². The maximum Gasteiger partial charge on any atom is 0.124 e. The molecule has 1 saturated heterocycles. The van der Waals surface area contributed by atoms with E-state index in [1.807, 2.05) is 18.2 Å². The third-order valence-corrected chi connectivity index (χ3v) is 3.72. The summed E-state index contributed by atoms with van der Waals surface area (Å²) in [6.07, 6.45) is 3.07. The molecule has 4 heteroatoms. The smallest absolute Gasteiger partial charge is 0.124 e. The summed E-state index contributed by atoms with van der Waals surface area (Å²) >= 11 is 0. The number of nitrogens with one attached hydrogen (secondary N) is 1. The molecule has 2 unspecified atom stereocenters. The Kier molecular flexibility index (Phi) is 4.80. The second-order valence-corrected chi connectivity index (χ2v) is 5.25. The maximum atomic E-state index is 5.91. The number of hydrogen-bond acceptors (Lipinski definition) is 4. The van der Waals surface area contributed by atoms with Gasteiger partial charge in [0.1, 0.15) is 5.75 Å². The molecule has 2 atom stereocenters. The average molecular weight is 264 g/mol. The minimum Gasteiger partial charge on any atom is -0.493 e. The topological polar surface area (TPSA) is 56.5 Å². The molecule has 1 aromatic carbocycles. The van der Waals surface area contributed by atoms with E-state index in [9.17, 15) is 0 Å². The van der Waals surface area contributed by atoms with E-state index < -0.39 is 0 Å². The van der Waals surface area contributed by atoms with E-state index in [1.54, 1.807) is 0 Å². The van der Waals surface area contributed by atoms with E-state index in [-0.39, 0.29) is 11.6 Å². The van der Waals surface area contributed by atoms with E-state index in [0.29, 0.717) is 6.61 Å². The van der Waals surface area contributed by atoms with Crippen LogP contribution in [0.15, 0.2) is 24.3 Å². The largest absolute Gasteiger partial charge is 0.493 e. The van der Waals surface area contributed by atoms with Gasteiger partial charge in [0, 0.05) is 12.2 Å². The van der Waals surface area contributed by atoms with Crippen LogP contribution in [0.4, 0.5) is 0 Å². The van der Waals surface area contributed by atoms with Gasteiger partial charge in [0.05, 0.1) is 18.2 Å². The number of para-hydroxylation sites is 1. The number of rotatable bonds is 6. The number of ether oxygens (including phenoxy) is 2. The monoisotopic (exact) mass is 264 g/mol. The molecule has 19 heavy (non-hydrogen) atoms. The molecule has 1 heterocycles. The third-order valence-electron chi connectivity index (χ3n) is 3.72. The molecule has 1 aliphatic rings. The van der Waals surface area contributed by atoms with Crippen molar-refractivity contribution in [2.24, 2.45) is 5.84 Å². The van der Waals surface area contributed by atoms with Crippen molar-refractivity contribution < 1.29 is 9.47 Å². The molecule has 0 aromatic heterocycles. The summed E-state index contributed by atoms with van der Waals surface area (Å²) < 4.78 is 11.7. The summed E-state index contributed by atoms with van der Waals surface area (Å²) in [4.78, 5) is 0. The molecule has 1 aromatic rings. The van der Waals surface area contributed by atoms with Crippen LogP contribution in [0.2, 0.25) is 0 Å². The fraction of sp³-hybridized carbons (Fsp3) is 0.600. The lowest BCUT2D eigenvalue weighted by atomic mass is 9.87. The van der Waals surface area contributed by atoms with Crippen LogP contribution < -0.4 is 16.0 Å². The van der Waals surface area contributed by atoms with Crippen molar-refractivity contribution in [2.75, 3.05) is 13.2 Å². The van der Waals surface area contributed by atoms with Crippen LogP contribution in [-0.4, -0.2) is 18.8 Å². The van der Waals surface area contributed by atoms with Gasteiger partial charge in [0.25, 0.3) is 0 Å². The average Bonchev–Trinajstić information content (AvgIpc) is 2.86. The molecule has 106 valence electrons. The quantitative estimate of drug-likeness (QED) is 0.612. The first-order valence-corrected chi connectivity index (χ1v) is 7.03. The first-order valence-electron chi connectivity index (χ1n) is 7.03. The number of nitrogens with two attached hydrogens (primary N) is 1. The highest BCUT2D eigenvalue weighted by molar-refractivity contribution is 5.37. The normalized spacial score (nSPS) is 24.4. The van der Waals surface area contributed by atoms with Crippen LogP contribution in [0.25, 0.3) is 0 Å². The van der Waals surface area contributed by atoms with Crippen molar-refractivity contribution in [3.63, 3.8) is 0 Å². The Balaban J connectivity index is 2.27. The third kappa shape index (κ3) is 3.08. The summed E-state index contributed by atoms with van der Waals surface area (Å²) in [7, 11) is 0. The Morgan fingerprint density at radius 3 is 2.89 bits per heavy atom. The van der Waals surface area contributed by atoms with Crippen LogP contribution >= 0.6 is 0 Å². The first kappa shape index (κ1) is 14.3. The van der Waals surface area contributed by atoms with Gasteiger partial charge in [0.15, 0.2) is 0 Å². The van der Waals surface area contributed by atoms with E-state index >= 15 is 0 Å². The molecule has 1 aliphatic heterocycles. The van der Waals surface area contributed by atoms with Crippen molar-refractivity contribution in [3.05, 3.63) is 29.8 Å². The molecular weight excluding hydrogens is 240 g/mol. The van der Waals surface area contributed by atoms with Gasteiger partial charge in [0.2, 0.25) is 0 Å². The Bertz CT molecular complexity index is 403. The van der Waals surface area contributed by atoms with Crippen LogP contribution in [0.1, 0.15) is 44.7 Å². The lowest BCUT2D eigenvalue weighted by molar-refractivity contribution is -0.0132. The lowest BCUT2D eigenvalue weighted by Crippen LogP contribution is -2.44. The predicted octanol–water partition coefficient (Wildman–Crippen LogP) is 2.55. The second-order valence-electron chi connectivity index (χ2n) is 5.25. The SMILES string of the molecule is CCCOc1ccccc1C(NN)C1(C)CCCO1. The minimum absolute atomic E-state index is 0.0527. The summed E-state index contributed by atoms with van der Waals surface area (Å²) in [6, 6.07) is 8.00. The zero-order chi connectivity index (χ0) is 13.7.